The van der Waals surface area contributed by atoms with Gasteiger partial charge in [-0.25, -0.2) is 4.79 Å². The van der Waals surface area contributed by atoms with Crippen LogP contribution in [-0.2, 0) is 4.79 Å². The van der Waals surface area contributed by atoms with Crippen molar-refractivity contribution >= 4 is 11.9 Å². The van der Waals surface area contributed by atoms with E-state index in [4.69, 9.17) is 4.42 Å². The number of hydrogen-bond donors (Lipinski definition) is 2. The maximum absolute atomic E-state index is 11.0. The Hall–Kier alpha value is -1.78. The number of carbonyl (C=O) groups excluding carboxylic acids is 2. The highest BCUT2D eigenvalue weighted by Crippen LogP contribution is 2.16. The minimum atomic E-state index is -0.601. The van der Waals surface area contributed by atoms with Gasteiger partial charge in [-0.3, -0.25) is 10.1 Å². The van der Waals surface area contributed by atoms with Gasteiger partial charge in [-0.05, 0) is 6.07 Å². The largest absolute Gasteiger partial charge is 0.472 e. The van der Waals surface area contributed by atoms with E-state index in [1.165, 1.54) is 12.5 Å². The molecule has 1 unspecified atom stereocenters. The topological polar surface area (TPSA) is 71.3 Å². The van der Waals surface area contributed by atoms with E-state index in [1.807, 2.05) is 0 Å². The number of imide groups is 1. The molecule has 0 aliphatic carbocycles. The van der Waals surface area contributed by atoms with E-state index in [2.05, 4.69) is 10.6 Å². The van der Waals surface area contributed by atoms with Crippen molar-refractivity contribution < 1.29 is 14.0 Å². The van der Waals surface area contributed by atoms with Gasteiger partial charge in [0.25, 0.3) is 5.91 Å². The molecular formula is C7H6N2O3. The van der Waals surface area contributed by atoms with Crippen LogP contribution in [0, 0.1) is 0 Å². The molecule has 1 aliphatic rings. The molecule has 1 saturated heterocycles. The summed E-state index contributed by atoms with van der Waals surface area (Å²) in [6.45, 7) is 0. The van der Waals surface area contributed by atoms with Crippen molar-refractivity contribution in [2.45, 2.75) is 6.04 Å². The lowest BCUT2D eigenvalue weighted by molar-refractivity contribution is -0.120. The molecule has 1 aromatic rings. The molecule has 5 heteroatoms. The number of furan rings is 1. The molecule has 2 heterocycles. The van der Waals surface area contributed by atoms with Gasteiger partial charge in [0, 0.05) is 5.56 Å². The van der Waals surface area contributed by atoms with Crippen molar-refractivity contribution in [1.29, 1.82) is 0 Å². The van der Waals surface area contributed by atoms with Crippen LogP contribution in [0.2, 0.25) is 0 Å². The van der Waals surface area contributed by atoms with Gasteiger partial charge in [0.15, 0.2) is 0 Å². The predicted molar refractivity (Wildman–Crippen MR) is 38.1 cm³/mol. The van der Waals surface area contributed by atoms with E-state index in [-0.39, 0.29) is 5.91 Å². The normalized spacial score (nSPS) is 22.2. The Balaban J connectivity index is 2.26. The highest BCUT2D eigenvalue weighted by atomic mass is 16.3. The summed E-state index contributed by atoms with van der Waals surface area (Å²) in [7, 11) is 0. The van der Waals surface area contributed by atoms with Gasteiger partial charge >= 0.3 is 6.03 Å². The zero-order valence-corrected chi connectivity index (χ0v) is 6.03. The Morgan fingerprint density at radius 3 is 2.75 bits per heavy atom. The molecule has 12 heavy (non-hydrogen) atoms. The van der Waals surface area contributed by atoms with Gasteiger partial charge in [-0.2, -0.15) is 0 Å². The molecule has 1 fully saturated rings. The van der Waals surface area contributed by atoms with Gasteiger partial charge < -0.3 is 9.73 Å². The molecule has 3 amide bonds. The van der Waals surface area contributed by atoms with Crippen molar-refractivity contribution in [1.82, 2.24) is 10.6 Å². The van der Waals surface area contributed by atoms with E-state index >= 15 is 0 Å². The molecule has 62 valence electrons. The van der Waals surface area contributed by atoms with Gasteiger partial charge in [0.1, 0.15) is 6.04 Å². The van der Waals surface area contributed by atoms with Crippen LogP contribution in [0.25, 0.3) is 0 Å². The Kier molecular flexibility index (Phi) is 1.36. The summed E-state index contributed by atoms with van der Waals surface area (Å²) in [5, 5.41) is 4.57. The Morgan fingerprint density at radius 1 is 1.42 bits per heavy atom. The van der Waals surface area contributed by atoms with E-state index < -0.39 is 12.1 Å². The molecule has 1 atom stereocenters. The van der Waals surface area contributed by atoms with Crippen molar-refractivity contribution in [3.05, 3.63) is 24.2 Å². The van der Waals surface area contributed by atoms with Crippen molar-refractivity contribution in [3.8, 4) is 0 Å². The molecule has 2 N–H and O–H groups in total. The molecule has 0 aromatic carbocycles. The third-order valence-electron chi connectivity index (χ3n) is 1.65. The monoisotopic (exact) mass is 166 g/mol. The summed E-state index contributed by atoms with van der Waals surface area (Å²) in [6, 6.07) is 0.568. The van der Waals surface area contributed by atoms with Gasteiger partial charge in [-0.15, -0.1) is 0 Å². The number of urea groups is 1. The molecule has 2 rings (SSSR count). The molecule has 0 radical (unpaired) electrons. The molecule has 0 spiro atoms. The number of amides is 3. The van der Waals surface area contributed by atoms with Crippen LogP contribution in [0.1, 0.15) is 11.6 Å². The number of carbonyl (C=O) groups is 2. The number of nitrogens with one attached hydrogen (secondary N) is 2. The Morgan fingerprint density at radius 2 is 2.25 bits per heavy atom. The average Bonchev–Trinajstić information content (AvgIpc) is 2.58. The highest BCUT2D eigenvalue weighted by molar-refractivity contribution is 6.04. The predicted octanol–water partition coefficient (Wildman–Crippen LogP) is 0.160. The first-order valence-electron chi connectivity index (χ1n) is 3.41. The Bertz CT molecular complexity index is 317. The summed E-state index contributed by atoms with van der Waals surface area (Å²) in [5.74, 6) is -0.346. The van der Waals surface area contributed by atoms with Gasteiger partial charge in [-0.1, -0.05) is 0 Å². The SMILES string of the molecule is O=C1NC(=O)C(c2ccoc2)N1. The summed E-state index contributed by atoms with van der Waals surface area (Å²) in [6.07, 6.45) is 2.88. The lowest BCUT2D eigenvalue weighted by atomic mass is 10.1. The lowest BCUT2D eigenvalue weighted by Gasteiger charge is -2.00. The zero-order valence-electron chi connectivity index (χ0n) is 6.03. The maximum Gasteiger partial charge on any atom is 0.322 e. The molecule has 1 aromatic heterocycles. The highest BCUT2D eigenvalue weighted by Gasteiger charge is 2.31. The number of rotatable bonds is 1. The van der Waals surface area contributed by atoms with Crippen LogP contribution in [0.5, 0.6) is 0 Å². The quantitative estimate of drug-likeness (QED) is 0.584. The van der Waals surface area contributed by atoms with E-state index in [1.54, 1.807) is 6.07 Å². The van der Waals surface area contributed by atoms with E-state index in [0.717, 1.165) is 0 Å². The third-order valence-corrected chi connectivity index (χ3v) is 1.65. The van der Waals surface area contributed by atoms with Crippen molar-refractivity contribution in [3.63, 3.8) is 0 Å². The van der Waals surface area contributed by atoms with Crippen LogP contribution in [0.15, 0.2) is 23.0 Å². The first-order valence-corrected chi connectivity index (χ1v) is 3.41. The minimum Gasteiger partial charge on any atom is -0.472 e. The fourth-order valence-corrected chi connectivity index (χ4v) is 1.09. The van der Waals surface area contributed by atoms with Crippen molar-refractivity contribution in [2.24, 2.45) is 0 Å². The second kappa shape index (κ2) is 2.37. The fraction of sp³-hybridized carbons (Fsp3) is 0.143. The second-order valence-electron chi connectivity index (χ2n) is 2.45. The van der Waals surface area contributed by atoms with Crippen LogP contribution < -0.4 is 10.6 Å². The summed E-state index contributed by atoms with van der Waals surface area (Å²) >= 11 is 0. The number of hydrogen-bond acceptors (Lipinski definition) is 3. The third kappa shape index (κ3) is 0.952. The molecule has 1 aliphatic heterocycles. The van der Waals surface area contributed by atoms with Crippen LogP contribution in [-0.4, -0.2) is 11.9 Å². The fourth-order valence-electron chi connectivity index (χ4n) is 1.09. The first-order chi connectivity index (χ1) is 5.77. The standard InChI is InChI=1S/C7H6N2O3/c10-6-5(8-7(11)9-6)4-1-2-12-3-4/h1-3,5H,(H2,8,9,10,11). The van der Waals surface area contributed by atoms with Gasteiger partial charge in [0.2, 0.25) is 0 Å². The zero-order chi connectivity index (χ0) is 8.55. The van der Waals surface area contributed by atoms with Crippen LogP contribution >= 0.6 is 0 Å². The van der Waals surface area contributed by atoms with E-state index in [9.17, 15) is 9.59 Å². The molecular weight excluding hydrogens is 160 g/mol. The Labute approximate surface area is 67.7 Å². The lowest BCUT2D eigenvalue weighted by Crippen LogP contribution is -2.22. The van der Waals surface area contributed by atoms with Gasteiger partial charge in [0.05, 0.1) is 12.5 Å². The second-order valence-corrected chi connectivity index (χ2v) is 2.45. The average molecular weight is 166 g/mol. The minimum absolute atomic E-state index is 0.346. The molecule has 0 bridgehead atoms. The molecule has 5 nitrogen and oxygen atoms in total. The summed E-state index contributed by atoms with van der Waals surface area (Å²) < 4.78 is 4.78. The van der Waals surface area contributed by atoms with Crippen LogP contribution in [0.4, 0.5) is 4.79 Å². The summed E-state index contributed by atoms with van der Waals surface area (Å²) in [5.41, 5.74) is 0.651. The van der Waals surface area contributed by atoms with Crippen molar-refractivity contribution in [2.75, 3.05) is 0 Å². The van der Waals surface area contributed by atoms with E-state index in [0.29, 0.717) is 5.56 Å². The maximum atomic E-state index is 11.0. The molecule has 0 saturated carbocycles. The first kappa shape index (κ1) is 6.90. The smallest absolute Gasteiger partial charge is 0.322 e. The van der Waals surface area contributed by atoms with Crippen LogP contribution in [0.3, 0.4) is 0 Å². The summed E-state index contributed by atoms with van der Waals surface area (Å²) in [4.78, 5) is 21.7.